The van der Waals surface area contributed by atoms with Gasteiger partial charge in [-0.2, -0.15) is 0 Å². The monoisotopic (exact) mass is 781 g/mol. The molecule has 306 valence electrons. The summed E-state index contributed by atoms with van der Waals surface area (Å²) in [6.07, 6.45) is 6.76. The van der Waals surface area contributed by atoms with Crippen molar-refractivity contribution in [1.82, 2.24) is 4.90 Å². The lowest BCUT2D eigenvalue weighted by molar-refractivity contribution is -0.235. The number of rotatable bonds is 12. The summed E-state index contributed by atoms with van der Waals surface area (Å²) < 4.78 is 6.17. The number of carbonyl (C=O) groups is 3. The van der Waals surface area contributed by atoms with Gasteiger partial charge in [-0.25, -0.2) is 0 Å². The summed E-state index contributed by atoms with van der Waals surface area (Å²) in [6, 6.07) is 7.72. The van der Waals surface area contributed by atoms with Crippen LogP contribution in [0, 0.1) is 56.2 Å². The van der Waals surface area contributed by atoms with Crippen LogP contribution >= 0.6 is 11.6 Å². The third-order valence-electron chi connectivity index (χ3n) is 16.7. The molecule has 0 radical (unpaired) electrons. The number of ether oxygens (including phenoxy) is 1. The molecule has 5 aliphatic carbocycles. The molecule has 8 nitrogen and oxygen atoms in total. The first-order valence-electron chi connectivity index (χ1n) is 21.0. The highest BCUT2D eigenvalue weighted by molar-refractivity contribution is 6.30. The van der Waals surface area contributed by atoms with E-state index in [9.17, 15) is 29.7 Å². The van der Waals surface area contributed by atoms with Gasteiger partial charge in [-0.15, -0.1) is 0 Å². The lowest BCUT2D eigenvalue weighted by atomic mass is 9.33. The van der Waals surface area contributed by atoms with Gasteiger partial charge in [0, 0.05) is 41.9 Å². The number of halogens is 1. The van der Waals surface area contributed by atoms with Gasteiger partial charge in [0.15, 0.2) is 5.78 Å². The third-order valence-corrected chi connectivity index (χ3v) is 16.9. The molecule has 0 bridgehead atoms. The minimum atomic E-state index is -1.18. The highest BCUT2D eigenvalue weighted by Gasteiger charge is 2.71. The lowest BCUT2D eigenvalue weighted by Gasteiger charge is -2.72. The molecule has 4 saturated carbocycles. The molecule has 0 saturated heterocycles. The van der Waals surface area contributed by atoms with Crippen LogP contribution in [0.1, 0.15) is 132 Å². The van der Waals surface area contributed by atoms with E-state index in [-0.39, 0.29) is 58.4 Å². The molecule has 9 heteroatoms. The Bertz CT molecular complexity index is 1680. The van der Waals surface area contributed by atoms with Crippen LogP contribution in [-0.2, 0) is 25.7 Å². The van der Waals surface area contributed by atoms with E-state index in [1.165, 1.54) is 5.57 Å². The average molecular weight is 783 g/mol. The Labute approximate surface area is 334 Å². The van der Waals surface area contributed by atoms with E-state index < -0.39 is 28.9 Å². The molecular weight excluding hydrogens is 714 g/mol. The van der Waals surface area contributed by atoms with Crippen molar-refractivity contribution >= 4 is 29.3 Å². The van der Waals surface area contributed by atoms with Crippen LogP contribution in [0.2, 0.25) is 5.02 Å². The van der Waals surface area contributed by atoms with E-state index in [4.69, 9.17) is 16.3 Å². The number of allylic oxidation sites excluding steroid dienone is 1. The number of benzene rings is 1. The molecule has 9 atom stereocenters. The maximum Gasteiger partial charge on any atom is 0.309 e. The van der Waals surface area contributed by atoms with Gasteiger partial charge in [-0.3, -0.25) is 19.3 Å². The number of fused-ring (bicyclic) bond motifs is 7. The molecule has 0 heterocycles. The van der Waals surface area contributed by atoms with Crippen molar-refractivity contribution in [2.24, 2.45) is 56.2 Å². The van der Waals surface area contributed by atoms with Crippen LogP contribution in [0.3, 0.4) is 0 Å². The zero-order chi connectivity index (χ0) is 40.5. The summed E-state index contributed by atoms with van der Waals surface area (Å²) in [5.74, 6) is -0.158. The Morgan fingerprint density at radius 3 is 2.24 bits per heavy atom. The fourth-order valence-corrected chi connectivity index (χ4v) is 13.7. The van der Waals surface area contributed by atoms with Gasteiger partial charge in [0.1, 0.15) is 6.10 Å². The van der Waals surface area contributed by atoms with Crippen molar-refractivity contribution in [2.75, 3.05) is 19.7 Å². The zero-order valence-electron chi connectivity index (χ0n) is 35.0. The quantitative estimate of drug-likeness (QED) is 0.180. The second-order valence-electron chi connectivity index (χ2n) is 20.7. The van der Waals surface area contributed by atoms with Crippen molar-refractivity contribution in [3.8, 4) is 0 Å². The second-order valence-corrected chi connectivity index (χ2v) is 21.1. The van der Waals surface area contributed by atoms with Crippen molar-refractivity contribution < 1.29 is 34.4 Å². The van der Waals surface area contributed by atoms with Crippen molar-refractivity contribution in [3.05, 3.63) is 46.0 Å². The highest BCUT2D eigenvalue weighted by Crippen LogP contribution is 2.77. The number of nitrogens with zero attached hydrogens (tertiary/aromatic N) is 1. The van der Waals surface area contributed by atoms with Crippen molar-refractivity contribution in [1.29, 1.82) is 0 Å². The van der Waals surface area contributed by atoms with Gasteiger partial charge in [-0.05, 0) is 128 Å². The van der Waals surface area contributed by atoms with Gasteiger partial charge in [0.25, 0.3) is 0 Å². The predicted molar refractivity (Wildman–Crippen MR) is 215 cm³/mol. The summed E-state index contributed by atoms with van der Waals surface area (Å²) in [6.45, 7) is 20.9. The molecule has 0 amide bonds. The minimum Gasteiger partial charge on any atom is -0.481 e. The molecule has 55 heavy (non-hydrogen) atoms. The molecule has 6 rings (SSSR count). The normalized spacial score (nSPS) is 36.2. The van der Waals surface area contributed by atoms with Crippen LogP contribution in [0.4, 0.5) is 0 Å². The number of aliphatic carboxylic acids is 1. The van der Waals surface area contributed by atoms with Crippen molar-refractivity contribution in [3.63, 3.8) is 0 Å². The Balaban J connectivity index is 1.28. The molecule has 0 aromatic heterocycles. The first-order valence-corrected chi connectivity index (χ1v) is 21.4. The molecule has 9 unspecified atom stereocenters. The maximum absolute atomic E-state index is 14.2. The first-order chi connectivity index (χ1) is 25.6. The van der Waals surface area contributed by atoms with Crippen LogP contribution in [0.25, 0.3) is 0 Å². The van der Waals surface area contributed by atoms with Gasteiger partial charge in [0.2, 0.25) is 0 Å². The van der Waals surface area contributed by atoms with E-state index in [1.54, 1.807) is 13.8 Å². The summed E-state index contributed by atoms with van der Waals surface area (Å²) in [4.78, 5) is 41.2. The second kappa shape index (κ2) is 14.8. The van der Waals surface area contributed by atoms with Crippen LogP contribution < -0.4 is 0 Å². The standard InChI is InChI=1S/C46H68ClNO7/c1-28(2)38-32(50)24-46(35(51)27-48(22-23-49)26-29-10-12-30(47)13-11-29)21-20-44(8)31(39(38)46)14-15-34-43(7)18-17-36(55-37(52)25-41(3,4)40(53)54)42(5,6)33(43)16-19-45(34,44)9/h10-13,28,31,33-36,49,51H,14-27H2,1-9H3,(H,53,54). The molecule has 0 aliphatic heterocycles. The van der Waals surface area contributed by atoms with E-state index >= 15 is 0 Å². The number of aliphatic hydroxyl groups is 2. The lowest BCUT2D eigenvalue weighted by Crippen LogP contribution is -2.66. The van der Waals surface area contributed by atoms with Gasteiger partial charge in [0.05, 0.1) is 24.5 Å². The highest BCUT2D eigenvalue weighted by atomic mass is 35.5. The number of carbonyl (C=O) groups excluding carboxylic acids is 2. The number of carboxylic acid groups (broad SMARTS) is 1. The number of esters is 1. The number of ketones is 1. The Morgan fingerprint density at radius 1 is 0.945 bits per heavy atom. The maximum atomic E-state index is 14.2. The molecular formula is C46H68ClNO7. The molecule has 0 spiro atoms. The first kappa shape index (κ1) is 42.3. The van der Waals surface area contributed by atoms with Gasteiger partial charge >= 0.3 is 11.9 Å². The minimum absolute atomic E-state index is 0.0155. The van der Waals surface area contributed by atoms with E-state index in [2.05, 4.69) is 53.4 Å². The Kier molecular flexibility index (Phi) is 11.4. The molecule has 1 aromatic rings. The van der Waals surface area contributed by atoms with E-state index in [0.717, 1.165) is 62.5 Å². The SMILES string of the molecule is CC(C)C1=C2C3CCC4C5(C)CCC(OC(=O)CC(C)(C)C(=O)O)C(C)(C)C5CCC4(C)C3(C)CCC2(C(O)CN(CCO)Cc2ccc(Cl)cc2)CC1=O. The van der Waals surface area contributed by atoms with E-state index in [1.807, 2.05) is 24.3 Å². The largest absolute Gasteiger partial charge is 0.481 e. The Hall–Kier alpha value is -2.26. The summed E-state index contributed by atoms with van der Waals surface area (Å²) in [5.41, 5.74) is 1.20. The summed E-state index contributed by atoms with van der Waals surface area (Å²) in [7, 11) is 0. The molecule has 1 aromatic carbocycles. The third kappa shape index (κ3) is 6.95. The smallest absolute Gasteiger partial charge is 0.309 e. The molecule has 5 aliphatic rings. The molecule has 3 N–H and O–H groups in total. The van der Waals surface area contributed by atoms with Gasteiger partial charge in [-0.1, -0.05) is 77.8 Å². The van der Waals surface area contributed by atoms with E-state index in [0.29, 0.717) is 42.9 Å². The van der Waals surface area contributed by atoms with Crippen LogP contribution in [0.15, 0.2) is 35.4 Å². The predicted octanol–water partition coefficient (Wildman–Crippen LogP) is 8.89. The zero-order valence-corrected chi connectivity index (χ0v) is 35.7. The van der Waals surface area contributed by atoms with Crippen molar-refractivity contribution in [2.45, 2.75) is 145 Å². The van der Waals surface area contributed by atoms with Gasteiger partial charge < -0.3 is 20.1 Å². The number of carboxylic acids is 1. The fraction of sp³-hybridized carbons (Fsp3) is 0.761. The number of Topliss-reactive ketones (excluding diaryl/α,β-unsaturated/α-hetero) is 1. The fourth-order valence-electron chi connectivity index (χ4n) is 13.6. The Morgan fingerprint density at radius 2 is 1.62 bits per heavy atom. The summed E-state index contributed by atoms with van der Waals surface area (Å²) in [5, 5.41) is 32.8. The molecule has 4 fully saturated rings. The number of hydrogen-bond acceptors (Lipinski definition) is 7. The van der Waals surface area contributed by atoms with Crippen LogP contribution in [0.5, 0.6) is 0 Å². The average Bonchev–Trinajstić information content (AvgIpc) is 3.40. The topological polar surface area (TPSA) is 124 Å². The summed E-state index contributed by atoms with van der Waals surface area (Å²) >= 11 is 6.17. The number of hydrogen-bond donors (Lipinski definition) is 3. The number of aliphatic hydroxyl groups excluding tert-OH is 2. The van der Waals surface area contributed by atoms with Crippen LogP contribution in [-0.4, -0.2) is 69.8 Å².